The van der Waals surface area contributed by atoms with Crippen molar-refractivity contribution in [3.63, 3.8) is 0 Å². The largest absolute Gasteiger partial charge is 0.484 e. The summed E-state index contributed by atoms with van der Waals surface area (Å²) in [6.45, 7) is 7.64. The summed E-state index contributed by atoms with van der Waals surface area (Å²) in [4.78, 5) is 10.7. The minimum atomic E-state index is -4.44. The van der Waals surface area contributed by atoms with Gasteiger partial charge < -0.3 is 10.5 Å². The molecule has 1 saturated carbocycles. The van der Waals surface area contributed by atoms with Crippen LogP contribution >= 0.6 is 0 Å². The van der Waals surface area contributed by atoms with Gasteiger partial charge in [-0.05, 0) is 44.7 Å². The topological polar surface area (TPSA) is 120 Å². The highest BCUT2D eigenvalue weighted by Crippen LogP contribution is 2.42. The van der Waals surface area contributed by atoms with Gasteiger partial charge >= 0.3 is 0 Å². The molecule has 0 radical (unpaired) electrons. The monoisotopic (exact) mass is 491 g/mol. The lowest BCUT2D eigenvalue weighted by atomic mass is 9.72. The van der Waals surface area contributed by atoms with Crippen LogP contribution in [0, 0.1) is 17.6 Å². The van der Waals surface area contributed by atoms with Crippen molar-refractivity contribution in [2.45, 2.75) is 50.0 Å². The van der Waals surface area contributed by atoms with E-state index in [9.17, 15) is 17.2 Å². The summed E-state index contributed by atoms with van der Waals surface area (Å²) in [6.07, 6.45) is 8.63. The van der Waals surface area contributed by atoms with Crippen LogP contribution < -0.4 is 15.2 Å². The van der Waals surface area contributed by atoms with Crippen LogP contribution in [0.3, 0.4) is 0 Å². The van der Waals surface area contributed by atoms with Gasteiger partial charge in [0.2, 0.25) is 0 Å². The molecule has 0 spiro atoms. The molecular formula is C23H27F2N5O3S. The molecule has 0 amide bonds. The fraction of sp³-hybridized carbons (Fsp3) is 0.348. The second-order valence-electron chi connectivity index (χ2n) is 8.15. The summed E-state index contributed by atoms with van der Waals surface area (Å²) < 4.78 is 63.1. The van der Waals surface area contributed by atoms with Gasteiger partial charge in [0.05, 0.1) is 0 Å². The minimum Gasteiger partial charge on any atom is -0.484 e. The van der Waals surface area contributed by atoms with E-state index in [1.165, 1.54) is 12.3 Å². The van der Waals surface area contributed by atoms with Gasteiger partial charge in [0, 0.05) is 30.4 Å². The first-order valence-electron chi connectivity index (χ1n) is 10.7. The van der Waals surface area contributed by atoms with Gasteiger partial charge in [0.15, 0.2) is 11.6 Å². The van der Waals surface area contributed by atoms with Gasteiger partial charge in [0.1, 0.15) is 34.3 Å². The lowest BCUT2D eigenvalue weighted by Crippen LogP contribution is -2.46. The first-order chi connectivity index (χ1) is 16.1. The van der Waals surface area contributed by atoms with E-state index in [1.807, 2.05) is 0 Å². The number of nitrogens with zero attached hydrogens (tertiary/aromatic N) is 3. The average molecular weight is 492 g/mol. The Morgan fingerprint density at radius 3 is 2.79 bits per heavy atom. The van der Waals surface area contributed by atoms with Crippen molar-refractivity contribution in [3.8, 4) is 5.75 Å². The molecule has 0 unspecified atom stereocenters. The summed E-state index contributed by atoms with van der Waals surface area (Å²) >= 11 is 0. The fourth-order valence-electron chi connectivity index (χ4n) is 3.97. The molecule has 1 aromatic carbocycles. The Hall–Kier alpha value is -3.34. The van der Waals surface area contributed by atoms with E-state index in [2.05, 4.69) is 26.3 Å². The Morgan fingerprint density at radius 2 is 2.12 bits per heavy atom. The number of anilines is 1. The van der Waals surface area contributed by atoms with E-state index in [0.717, 1.165) is 25.2 Å². The molecule has 3 rings (SSSR count). The predicted octanol–water partition coefficient (Wildman–Crippen LogP) is 4.33. The number of aliphatic imine (C=N–C) groups is 1. The molecule has 2 aromatic rings. The van der Waals surface area contributed by atoms with Crippen LogP contribution in [0.5, 0.6) is 5.75 Å². The maximum atomic E-state index is 15.0. The number of hydrogen-bond acceptors (Lipinski definition) is 6. The van der Waals surface area contributed by atoms with E-state index in [-0.39, 0.29) is 17.6 Å². The standard InChI is InChI=1S/C23H27F2N5O3S/c1-4-10-28-22(26)15(2)16-7-5-6-9-23(16,3)33-19-12-18(25)20(13-17(19)24)34(31,32)30-21-8-11-27-14-29-21/h4,8,10-14,16H,2,5-7,9H2,1,3H3,(H2,26,28)(H,27,29,30)/b10-4-/t16-,23+/m1/s1. The molecule has 8 nitrogen and oxygen atoms in total. The summed E-state index contributed by atoms with van der Waals surface area (Å²) in [7, 11) is -4.44. The molecule has 11 heteroatoms. The average Bonchev–Trinajstić information content (AvgIpc) is 2.79. The van der Waals surface area contributed by atoms with Crippen molar-refractivity contribution in [1.29, 1.82) is 0 Å². The summed E-state index contributed by atoms with van der Waals surface area (Å²) in [6, 6.07) is 2.61. The second kappa shape index (κ2) is 10.3. The molecule has 182 valence electrons. The third-order valence-electron chi connectivity index (χ3n) is 5.71. The number of benzene rings is 1. The Labute approximate surface area is 197 Å². The normalized spacial score (nSPS) is 21.4. The number of amidine groups is 1. The minimum absolute atomic E-state index is 0.0802. The Morgan fingerprint density at radius 1 is 1.35 bits per heavy atom. The van der Waals surface area contributed by atoms with Gasteiger partial charge in [-0.2, -0.15) is 0 Å². The molecule has 0 aliphatic heterocycles. The highest BCUT2D eigenvalue weighted by molar-refractivity contribution is 7.92. The molecule has 1 fully saturated rings. The predicted molar refractivity (Wildman–Crippen MR) is 126 cm³/mol. The van der Waals surface area contributed by atoms with Crippen molar-refractivity contribution in [2.24, 2.45) is 16.6 Å². The molecule has 2 atom stereocenters. The van der Waals surface area contributed by atoms with Gasteiger partial charge in [-0.15, -0.1) is 0 Å². The van der Waals surface area contributed by atoms with E-state index < -0.39 is 37.9 Å². The number of aromatic nitrogens is 2. The first-order valence-corrected chi connectivity index (χ1v) is 12.2. The second-order valence-corrected chi connectivity index (χ2v) is 9.80. The zero-order chi connectivity index (χ0) is 24.9. The molecule has 1 aliphatic carbocycles. The van der Waals surface area contributed by atoms with Crippen LogP contribution in [0.15, 0.2) is 65.0 Å². The van der Waals surface area contributed by atoms with Gasteiger partial charge in [-0.3, -0.25) is 4.72 Å². The number of allylic oxidation sites excluding steroid dienone is 1. The number of sulfonamides is 1. The number of rotatable bonds is 8. The Bertz CT molecular complexity index is 1220. The fourth-order valence-corrected chi connectivity index (χ4v) is 5.05. The number of hydrogen-bond donors (Lipinski definition) is 2. The van der Waals surface area contributed by atoms with Crippen molar-refractivity contribution in [2.75, 3.05) is 4.72 Å². The zero-order valence-corrected chi connectivity index (χ0v) is 19.8. The molecule has 0 bridgehead atoms. The molecule has 1 aliphatic rings. The zero-order valence-electron chi connectivity index (χ0n) is 19.0. The number of halogens is 2. The maximum absolute atomic E-state index is 15.0. The summed E-state index contributed by atoms with van der Waals surface area (Å²) in [5, 5.41) is 0. The molecular weight excluding hydrogens is 464 g/mol. The quantitative estimate of drug-likeness (QED) is 0.419. The van der Waals surface area contributed by atoms with Crippen LogP contribution in [0.4, 0.5) is 14.6 Å². The van der Waals surface area contributed by atoms with Crippen molar-refractivity contribution < 1.29 is 21.9 Å². The van der Waals surface area contributed by atoms with Crippen molar-refractivity contribution in [3.05, 3.63) is 66.8 Å². The molecule has 0 saturated heterocycles. The van der Waals surface area contributed by atoms with Gasteiger partial charge in [0.25, 0.3) is 10.0 Å². The lowest BCUT2D eigenvalue weighted by molar-refractivity contribution is 0.00693. The highest BCUT2D eigenvalue weighted by atomic mass is 32.2. The van der Waals surface area contributed by atoms with Crippen LogP contribution in [0.1, 0.15) is 39.5 Å². The highest BCUT2D eigenvalue weighted by Gasteiger charge is 2.42. The lowest BCUT2D eigenvalue weighted by Gasteiger charge is -2.42. The Kier molecular flexibility index (Phi) is 7.65. The van der Waals surface area contributed by atoms with E-state index in [4.69, 9.17) is 10.5 Å². The van der Waals surface area contributed by atoms with Crippen LogP contribution in [-0.2, 0) is 10.0 Å². The van der Waals surface area contributed by atoms with E-state index in [1.54, 1.807) is 26.1 Å². The van der Waals surface area contributed by atoms with Gasteiger partial charge in [-0.25, -0.2) is 32.2 Å². The number of nitrogens with one attached hydrogen (secondary N) is 1. The van der Waals surface area contributed by atoms with E-state index in [0.29, 0.717) is 24.5 Å². The van der Waals surface area contributed by atoms with Crippen LogP contribution in [0.25, 0.3) is 0 Å². The third kappa shape index (κ3) is 5.58. The number of nitrogens with two attached hydrogens (primary N) is 1. The summed E-state index contributed by atoms with van der Waals surface area (Å²) in [5.74, 6) is -2.71. The third-order valence-corrected chi connectivity index (χ3v) is 7.08. The molecule has 34 heavy (non-hydrogen) atoms. The molecule has 3 N–H and O–H groups in total. The smallest absolute Gasteiger partial charge is 0.266 e. The summed E-state index contributed by atoms with van der Waals surface area (Å²) in [5.41, 5.74) is 5.66. The molecule has 1 aromatic heterocycles. The molecule has 1 heterocycles. The number of ether oxygens (including phenoxy) is 1. The maximum Gasteiger partial charge on any atom is 0.266 e. The van der Waals surface area contributed by atoms with Crippen molar-refractivity contribution >= 4 is 21.7 Å². The van der Waals surface area contributed by atoms with Crippen LogP contribution in [-0.4, -0.2) is 29.8 Å². The van der Waals surface area contributed by atoms with Gasteiger partial charge in [-0.1, -0.05) is 19.1 Å². The van der Waals surface area contributed by atoms with Crippen LogP contribution in [0.2, 0.25) is 0 Å². The Balaban J connectivity index is 1.90. The SMILES string of the molecule is C=C(/C(N)=N\C=C/C)[C@H]1CCCC[C@]1(C)Oc1cc(F)c(S(=O)(=O)Nc2ccncn2)cc1F. The van der Waals surface area contributed by atoms with E-state index >= 15 is 0 Å². The first kappa shape index (κ1) is 25.3. The van der Waals surface area contributed by atoms with Crippen molar-refractivity contribution in [1.82, 2.24) is 9.97 Å².